The highest BCUT2D eigenvalue weighted by Crippen LogP contribution is 2.23. The van der Waals surface area contributed by atoms with Crippen LogP contribution < -0.4 is 10.6 Å². The fourth-order valence-electron chi connectivity index (χ4n) is 2.51. The van der Waals surface area contributed by atoms with E-state index in [0.717, 1.165) is 0 Å². The van der Waals surface area contributed by atoms with Crippen molar-refractivity contribution in [3.63, 3.8) is 0 Å². The van der Waals surface area contributed by atoms with Gasteiger partial charge in [0.1, 0.15) is 24.4 Å². The highest BCUT2D eigenvalue weighted by molar-refractivity contribution is 5.88. The summed E-state index contributed by atoms with van der Waals surface area (Å²) >= 11 is 0. The van der Waals surface area contributed by atoms with Crippen molar-refractivity contribution in [2.45, 2.75) is 37.5 Å². The Morgan fingerprint density at radius 3 is 2.29 bits per heavy atom. The first-order valence-electron chi connectivity index (χ1n) is 7.33. The SMILES string of the molecule is CC(=O)N[C@H]1[C@@H](O)[C@@H](O)[C@@H](CO)O[C@H]1Nc1ccc(C(=O)O)cc1. The number of hydrogen-bond acceptors (Lipinski definition) is 7. The number of carboxylic acid groups (broad SMARTS) is 1. The summed E-state index contributed by atoms with van der Waals surface area (Å²) in [7, 11) is 0. The molecule has 1 heterocycles. The van der Waals surface area contributed by atoms with Crippen molar-refractivity contribution in [1.82, 2.24) is 5.32 Å². The molecule has 1 amide bonds. The Balaban J connectivity index is 2.19. The molecule has 2 rings (SSSR count). The molecule has 1 aromatic rings. The molecule has 1 fully saturated rings. The Bertz CT molecular complexity index is 592. The third-order valence-electron chi connectivity index (χ3n) is 3.74. The predicted octanol–water partition coefficient (Wildman–Crippen LogP) is -1.26. The number of rotatable bonds is 5. The lowest BCUT2D eigenvalue weighted by Gasteiger charge is -2.43. The van der Waals surface area contributed by atoms with Crippen LogP contribution in [0, 0.1) is 0 Å². The van der Waals surface area contributed by atoms with E-state index in [1.165, 1.54) is 31.2 Å². The van der Waals surface area contributed by atoms with Gasteiger partial charge in [0.15, 0.2) is 6.23 Å². The van der Waals surface area contributed by atoms with Crippen LogP contribution in [0.5, 0.6) is 0 Å². The van der Waals surface area contributed by atoms with Crippen molar-refractivity contribution >= 4 is 17.6 Å². The van der Waals surface area contributed by atoms with Gasteiger partial charge in [0.2, 0.25) is 5.91 Å². The zero-order chi connectivity index (χ0) is 17.9. The number of ether oxygens (including phenoxy) is 1. The molecule has 132 valence electrons. The smallest absolute Gasteiger partial charge is 0.335 e. The van der Waals surface area contributed by atoms with Crippen molar-refractivity contribution in [3.05, 3.63) is 29.8 Å². The number of nitrogens with one attached hydrogen (secondary N) is 2. The quantitative estimate of drug-likeness (QED) is 0.389. The Hall–Kier alpha value is -2.20. The molecule has 0 unspecified atom stereocenters. The van der Waals surface area contributed by atoms with Gasteiger partial charge in [0.05, 0.1) is 12.2 Å². The third-order valence-corrected chi connectivity index (χ3v) is 3.74. The van der Waals surface area contributed by atoms with E-state index < -0.39 is 49.1 Å². The normalized spacial score (nSPS) is 29.8. The van der Waals surface area contributed by atoms with Gasteiger partial charge in [-0.05, 0) is 24.3 Å². The number of amides is 1. The van der Waals surface area contributed by atoms with Crippen LogP contribution in [0.4, 0.5) is 5.69 Å². The van der Waals surface area contributed by atoms with Gasteiger partial charge in [0, 0.05) is 12.6 Å². The molecule has 0 radical (unpaired) electrons. The van der Waals surface area contributed by atoms with Crippen molar-refractivity contribution in [3.8, 4) is 0 Å². The highest BCUT2D eigenvalue weighted by Gasteiger charge is 2.44. The minimum atomic E-state index is -1.36. The first-order valence-corrected chi connectivity index (χ1v) is 7.33. The zero-order valence-corrected chi connectivity index (χ0v) is 12.9. The summed E-state index contributed by atoms with van der Waals surface area (Å²) in [5.74, 6) is -1.49. The molecule has 1 aromatic carbocycles. The number of aliphatic hydroxyl groups is 3. The van der Waals surface area contributed by atoms with E-state index >= 15 is 0 Å². The van der Waals surface area contributed by atoms with Crippen molar-refractivity contribution in [2.75, 3.05) is 11.9 Å². The number of benzene rings is 1. The second-order valence-corrected chi connectivity index (χ2v) is 5.51. The maximum Gasteiger partial charge on any atom is 0.335 e. The van der Waals surface area contributed by atoms with Crippen LogP contribution in [-0.2, 0) is 9.53 Å². The van der Waals surface area contributed by atoms with E-state index in [1.807, 2.05) is 0 Å². The average Bonchev–Trinajstić information content (AvgIpc) is 2.54. The number of carbonyl (C=O) groups excluding carboxylic acids is 1. The second-order valence-electron chi connectivity index (χ2n) is 5.51. The molecule has 9 heteroatoms. The van der Waals surface area contributed by atoms with Crippen LogP contribution in [0.1, 0.15) is 17.3 Å². The van der Waals surface area contributed by atoms with Crippen LogP contribution >= 0.6 is 0 Å². The highest BCUT2D eigenvalue weighted by atomic mass is 16.5. The molecule has 5 atom stereocenters. The summed E-state index contributed by atoms with van der Waals surface area (Å²) in [5.41, 5.74) is 0.591. The average molecular weight is 340 g/mol. The van der Waals surface area contributed by atoms with Crippen molar-refractivity contribution < 1.29 is 34.8 Å². The predicted molar refractivity (Wildman–Crippen MR) is 82.4 cm³/mol. The van der Waals surface area contributed by atoms with E-state index in [4.69, 9.17) is 9.84 Å². The maximum absolute atomic E-state index is 11.3. The topological polar surface area (TPSA) is 148 Å². The standard InChI is InChI=1S/C15H20N2O7/c1-7(19)16-11-13(21)12(20)10(6-18)24-14(11)17-9-4-2-8(3-5-9)15(22)23/h2-5,10-14,17-18,20-21H,6H2,1H3,(H,16,19)(H,22,23)/t10-,11+,12+,13-,14-/m1/s1. The molecule has 0 saturated carbocycles. The number of carboxylic acids is 1. The summed E-state index contributed by atoms with van der Waals surface area (Å²) in [4.78, 5) is 22.2. The molecule has 6 N–H and O–H groups in total. The minimum absolute atomic E-state index is 0.104. The first-order chi connectivity index (χ1) is 11.3. The monoisotopic (exact) mass is 340 g/mol. The molecule has 0 spiro atoms. The molecule has 1 saturated heterocycles. The van der Waals surface area contributed by atoms with Gasteiger partial charge in [-0.25, -0.2) is 4.79 Å². The molecule has 9 nitrogen and oxygen atoms in total. The van der Waals surface area contributed by atoms with Gasteiger partial charge in [-0.15, -0.1) is 0 Å². The summed E-state index contributed by atoms with van der Waals surface area (Å²) in [6.07, 6.45) is -4.67. The molecule has 0 aromatic heterocycles. The van der Waals surface area contributed by atoms with Gasteiger partial charge in [-0.2, -0.15) is 0 Å². The van der Waals surface area contributed by atoms with Crippen LogP contribution in [-0.4, -0.2) is 69.5 Å². The molecule has 24 heavy (non-hydrogen) atoms. The van der Waals surface area contributed by atoms with Crippen LogP contribution in [0.25, 0.3) is 0 Å². The Labute approximate surface area is 137 Å². The number of anilines is 1. The molecule has 0 bridgehead atoms. The first kappa shape index (κ1) is 18.1. The summed E-state index contributed by atoms with van der Waals surface area (Å²) < 4.78 is 5.51. The summed E-state index contributed by atoms with van der Waals surface area (Å²) in [6, 6.07) is 4.82. The van der Waals surface area contributed by atoms with Crippen LogP contribution in [0.3, 0.4) is 0 Å². The lowest BCUT2D eigenvalue weighted by atomic mass is 9.95. The van der Waals surface area contributed by atoms with E-state index in [-0.39, 0.29) is 5.56 Å². The van der Waals surface area contributed by atoms with Gasteiger partial charge in [0.25, 0.3) is 0 Å². The molecule has 1 aliphatic rings. The number of carbonyl (C=O) groups is 2. The molecule has 0 aliphatic carbocycles. The zero-order valence-electron chi connectivity index (χ0n) is 12.9. The Kier molecular flexibility index (Phi) is 5.73. The van der Waals surface area contributed by atoms with Crippen LogP contribution in [0.2, 0.25) is 0 Å². The third kappa shape index (κ3) is 4.01. The minimum Gasteiger partial charge on any atom is -0.478 e. The Morgan fingerprint density at radius 2 is 1.79 bits per heavy atom. The van der Waals surface area contributed by atoms with E-state index in [1.54, 1.807) is 0 Å². The molecular weight excluding hydrogens is 320 g/mol. The summed E-state index contributed by atoms with van der Waals surface area (Å²) in [5, 5.41) is 43.6. The van der Waals surface area contributed by atoms with Crippen molar-refractivity contribution in [1.29, 1.82) is 0 Å². The van der Waals surface area contributed by atoms with Gasteiger partial charge in [-0.3, -0.25) is 4.79 Å². The van der Waals surface area contributed by atoms with Gasteiger partial charge < -0.3 is 35.8 Å². The molecule has 1 aliphatic heterocycles. The fraction of sp³-hybridized carbons (Fsp3) is 0.467. The Morgan fingerprint density at radius 1 is 1.17 bits per heavy atom. The van der Waals surface area contributed by atoms with Gasteiger partial charge >= 0.3 is 5.97 Å². The number of hydrogen-bond donors (Lipinski definition) is 6. The largest absolute Gasteiger partial charge is 0.478 e. The number of aromatic carboxylic acids is 1. The van der Waals surface area contributed by atoms with E-state index in [2.05, 4.69) is 10.6 Å². The van der Waals surface area contributed by atoms with Crippen LogP contribution in [0.15, 0.2) is 24.3 Å². The fourth-order valence-corrected chi connectivity index (χ4v) is 2.51. The van der Waals surface area contributed by atoms with E-state index in [0.29, 0.717) is 5.69 Å². The summed E-state index contributed by atoms with van der Waals surface area (Å²) in [6.45, 7) is 0.747. The number of aliphatic hydroxyl groups excluding tert-OH is 3. The van der Waals surface area contributed by atoms with Crippen molar-refractivity contribution in [2.24, 2.45) is 0 Å². The maximum atomic E-state index is 11.3. The van der Waals surface area contributed by atoms with Gasteiger partial charge in [-0.1, -0.05) is 0 Å². The lowest BCUT2D eigenvalue weighted by Crippen LogP contribution is -2.65. The second kappa shape index (κ2) is 7.58. The van der Waals surface area contributed by atoms with E-state index in [9.17, 15) is 24.9 Å². The molecular formula is C15H20N2O7. The lowest BCUT2D eigenvalue weighted by molar-refractivity contribution is -0.188.